The Morgan fingerprint density at radius 3 is 2.25 bits per heavy atom. The van der Waals surface area contributed by atoms with Crippen molar-refractivity contribution < 1.29 is 14.3 Å². The van der Waals surface area contributed by atoms with Crippen molar-refractivity contribution in [2.75, 3.05) is 0 Å². The molecule has 1 atom stereocenters. The Bertz CT molecular complexity index is 999. The van der Waals surface area contributed by atoms with Crippen LogP contribution in [0.5, 0.6) is 0 Å². The number of fused-ring (bicyclic) bond motifs is 1. The van der Waals surface area contributed by atoms with Crippen LogP contribution in [0.15, 0.2) is 60.2 Å². The molecule has 2 aliphatic carbocycles. The summed E-state index contributed by atoms with van der Waals surface area (Å²) in [5.41, 5.74) is 3.17. The SMILES string of the molecule is CC(C)(C)OC(=O)N[C@H]1CC[C@H](NC2/C(=C\c3ccccc3)C(=O)c3ccccc32)CC1. The first-order valence-electron chi connectivity index (χ1n) is 11.5. The molecule has 0 spiro atoms. The molecule has 4 rings (SSSR count). The fraction of sp³-hybridized carbons (Fsp3) is 0.407. The Balaban J connectivity index is 1.44. The Hall–Kier alpha value is -2.92. The third kappa shape index (κ3) is 5.28. The zero-order chi connectivity index (χ0) is 22.7. The van der Waals surface area contributed by atoms with E-state index in [9.17, 15) is 9.59 Å². The summed E-state index contributed by atoms with van der Waals surface area (Å²) in [6.07, 6.45) is 5.30. The Labute approximate surface area is 190 Å². The first-order valence-corrected chi connectivity index (χ1v) is 11.5. The number of rotatable bonds is 4. The van der Waals surface area contributed by atoms with Crippen molar-refractivity contribution in [3.05, 3.63) is 76.9 Å². The maximum absolute atomic E-state index is 13.2. The average Bonchev–Trinajstić information content (AvgIpc) is 3.01. The summed E-state index contributed by atoms with van der Waals surface area (Å²) in [6.45, 7) is 5.61. The van der Waals surface area contributed by atoms with Gasteiger partial charge in [0.2, 0.25) is 0 Å². The highest BCUT2D eigenvalue weighted by Crippen LogP contribution is 2.38. The molecule has 0 radical (unpaired) electrons. The van der Waals surface area contributed by atoms with Gasteiger partial charge in [-0.25, -0.2) is 4.79 Å². The van der Waals surface area contributed by atoms with Crippen LogP contribution < -0.4 is 10.6 Å². The number of hydrogen-bond donors (Lipinski definition) is 2. The van der Waals surface area contributed by atoms with Gasteiger partial charge in [-0.15, -0.1) is 0 Å². The van der Waals surface area contributed by atoms with Crippen molar-refractivity contribution in [2.45, 2.75) is 70.2 Å². The average molecular weight is 433 g/mol. The maximum atomic E-state index is 13.2. The van der Waals surface area contributed by atoms with Crippen LogP contribution >= 0.6 is 0 Å². The van der Waals surface area contributed by atoms with Crippen LogP contribution in [0.25, 0.3) is 6.08 Å². The van der Waals surface area contributed by atoms with Gasteiger partial charge < -0.3 is 15.4 Å². The number of nitrogens with one attached hydrogen (secondary N) is 2. The van der Waals surface area contributed by atoms with E-state index in [4.69, 9.17) is 4.74 Å². The molecule has 2 aromatic rings. The largest absolute Gasteiger partial charge is 0.444 e. The topological polar surface area (TPSA) is 67.4 Å². The van der Waals surface area contributed by atoms with E-state index >= 15 is 0 Å². The maximum Gasteiger partial charge on any atom is 0.407 e. The van der Waals surface area contributed by atoms with Crippen molar-refractivity contribution in [2.24, 2.45) is 0 Å². The molecule has 1 fully saturated rings. The number of ketones is 1. The zero-order valence-corrected chi connectivity index (χ0v) is 19.1. The molecule has 5 nitrogen and oxygen atoms in total. The van der Waals surface area contributed by atoms with Crippen molar-refractivity contribution in [3.8, 4) is 0 Å². The van der Waals surface area contributed by atoms with E-state index < -0.39 is 5.60 Å². The summed E-state index contributed by atoms with van der Waals surface area (Å²) < 4.78 is 5.39. The summed E-state index contributed by atoms with van der Waals surface area (Å²) in [4.78, 5) is 25.3. The summed E-state index contributed by atoms with van der Waals surface area (Å²) in [5.74, 6) is 0.0993. The molecule has 5 heteroatoms. The third-order valence-electron chi connectivity index (χ3n) is 6.06. The van der Waals surface area contributed by atoms with Crippen LogP contribution in [0.1, 0.15) is 74.0 Å². The first-order chi connectivity index (χ1) is 15.3. The van der Waals surface area contributed by atoms with E-state index in [0.717, 1.165) is 47.9 Å². The first kappa shape index (κ1) is 22.3. The van der Waals surface area contributed by atoms with Gasteiger partial charge in [-0.05, 0) is 63.7 Å². The second-order valence-corrected chi connectivity index (χ2v) is 9.72. The minimum Gasteiger partial charge on any atom is -0.444 e. The highest BCUT2D eigenvalue weighted by Gasteiger charge is 2.36. The summed E-state index contributed by atoms with van der Waals surface area (Å²) >= 11 is 0. The summed E-state index contributed by atoms with van der Waals surface area (Å²) in [7, 11) is 0. The van der Waals surface area contributed by atoms with E-state index in [1.165, 1.54) is 0 Å². The number of benzene rings is 2. The van der Waals surface area contributed by atoms with Gasteiger partial charge in [-0.1, -0.05) is 54.6 Å². The normalized spacial score (nSPS) is 24.3. The molecule has 2 N–H and O–H groups in total. The monoisotopic (exact) mass is 432 g/mol. The zero-order valence-electron chi connectivity index (χ0n) is 19.1. The molecule has 1 saturated carbocycles. The predicted octanol–water partition coefficient (Wildman–Crippen LogP) is 5.43. The van der Waals surface area contributed by atoms with Gasteiger partial charge >= 0.3 is 6.09 Å². The minimum atomic E-state index is -0.493. The molecule has 0 aromatic heterocycles. The second kappa shape index (κ2) is 9.29. The van der Waals surface area contributed by atoms with Gasteiger partial charge in [0.1, 0.15) is 5.60 Å². The van der Waals surface area contributed by atoms with Gasteiger partial charge in [-0.3, -0.25) is 4.79 Å². The molecule has 0 saturated heterocycles. The van der Waals surface area contributed by atoms with Crippen LogP contribution in [-0.4, -0.2) is 29.6 Å². The smallest absolute Gasteiger partial charge is 0.407 e. The van der Waals surface area contributed by atoms with Crippen LogP contribution in [-0.2, 0) is 4.74 Å². The molecule has 1 unspecified atom stereocenters. The van der Waals surface area contributed by atoms with Crippen LogP contribution in [0.2, 0.25) is 0 Å². The number of carbonyl (C=O) groups excluding carboxylic acids is 2. The van der Waals surface area contributed by atoms with E-state index in [1.54, 1.807) is 0 Å². The fourth-order valence-electron chi connectivity index (χ4n) is 4.58. The predicted molar refractivity (Wildman–Crippen MR) is 126 cm³/mol. The lowest BCUT2D eigenvalue weighted by Crippen LogP contribution is -2.44. The van der Waals surface area contributed by atoms with E-state index in [2.05, 4.69) is 10.6 Å². The lowest BCUT2D eigenvalue weighted by Gasteiger charge is -2.32. The third-order valence-corrected chi connectivity index (χ3v) is 6.06. The molecular formula is C27H32N2O3. The van der Waals surface area contributed by atoms with Crippen LogP contribution in [0.3, 0.4) is 0 Å². The Kier molecular flexibility index (Phi) is 6.47. The second-order valence-electron chi connectivity index (χ2n) is 9.72. The fourth-order valence-corrected chi connectivity index (χ4v) is 4.58. The van der Waals surface area contributed by atoms with Gasteiger partial charge in [0.15, 0.2) is 5.78 Å². The van der Waals surface area contributed by atoms with Gasteiger partial charge in [0.05, 0.1) is 6.04 Å². The lowest BCUT2D eigenvalue weighted by molar-refractivity contribution is 0.0489. The number of Topliss-reactive ketones (excluding diaryl/α,β-unsaturated/α-hetero) is 1. The Morgan fingerprint density at radius 2 is 1.56 bits per heavy atom. The molecule has 32 heavy (non-hydrogen) atoms. The molecule has 168 valence electrons. The number of alkyl carbamates (subject to hydrolysis) is 1. The Morgan fingerprint density at radius 1 is 0.938 bits per heavy atom. The molecule has 1 amide bonds. The molecule has 0 heterocycles. The van der Waals surface area contributed by atoms with Crippen LogP contribution in [0.4, 0.5) is 4.79 Å². The molecule has 0 bridgehead atoms. The summed E-state index contributed by atoms with van der Waals surface area (Å²) in [5, 5.41) is 6.75. The minimum absolute atomic E-state index is 0.0993. The highest BCUT2D eigenvalue weighted by molar-refractivity contribution is 6.16. The number of ether oxygens (including phenoxy) is 1. The molecule has 0 aliphatic heterocycles. The molecule has 2 aromatic carbocycles. The van der Waals surface area contributed by atoms with E-state index in [-0.39, 0.29) is 30.0 Å². The van der Waals surface area contributed by atoms with Crippen LogP contribution in [0, 0.1) is 0 Å². The molecule has 2 aliphatic rings. The molecular weight excluding hydrogens is 400 g/mol. The van der Waals surface area contributed by atoms with Crippen molar-refractivity contribution in [1.29, 1.82) is 0 Å². The van der Waals surface area contributed by atoms with Crippen molar-refractivity contribution in [3.63, 3.8) is 0 Å². The number of carbonyl (C=O) groups is 2. The van der Waals surface area contributed by atoms with Gasteiger partial charge in [0, 0.05) is 23.2 Å². The lowest BCUT2D eigenvalue weighted by atomic mass is 9.90. The van der Waals surface area contributed by atoms with E-state index in [0.29, 0.717) is 0 Å². The number of hydrogen-bond acceptors (Lipinski definition) is 4. The van der Waals surface area contributed by atoms with Crippen molar-refractivity contribution >= 4 is 18.0 Å². The standard InChI is InChI=1S/C27H32N2O3/c1-27(2,3)32-26(31)29-20-15-13-19(14-16-20)28-24-21-11-7-8-12-22(21)25(30)23(24)17-18-9-5-4-6-10-18/h4-12,17,19-20,24,28H,13-16H2,1-3H3,(H,29,31)/b23-17+/t19-,20-,24?. The summed E-state index contributed by atoms with van der Waals surface area (Å²) in [6, 6.07) is 18.2. The highest BCUT2D eigenvalue weighted by atomic mass is 16.6. The number of amides is 1. The van der Waals surface area contributed by atoms with Gasteiger partial charge in [-0.2, -0.15) is 0 Å². The quantitative estimate of drug-likeness (QED) is 0.632. The van der Waals surface area contributed by atoms with Crippen molar-refractivity contribution in [1.82, 2.24) is 10.6 Å². The van der Waals surface area contributed by atoms with Gasteiger partial charge in [0.25, 0.3) is 0 Å². The van der Waals surface area contributed by atoms with E-state index in [1.807, 2.05) is 81.4 Å².